The smallest absolute Gasteiger partial charge is 0.254 e. The summed E-state index contributed by atoms with van der Waals surface area (Å²) in [7, 11) is 0. The summed E-state index contributed by atoms with van der Waals surface area (Å²) in [5.74, 6) is 0.120. The van der Waals surface area contributed by atoms with Gasteiger partial charge < -0.3 is 20.4 Å². The summed E-state index contributed by atoms with van der Waals surface area (Å²) in [5, 5.41) is 7.59. The van der Waals surface area contributed by atoms with Gasteiger partial charge in [-0.3, -0.25) is 9.59 Å². The van der Waals surface area contributed by atoms with E-state index >= 15 is 0 Å². The Kier molecular flexibility index (Phi) is 8.47. The molecule has 2 N–H and O–H groups in total. The van der Waals surface area contributed by atoms with E-state index < -0.39 is 0 Å². The first-order chi connectivity index (χ1) is 16.8. The molecule has 2 aliphatic heterocycles. The van der Waals surface area contributed by atoms with Crippen LogP contribution in [0.25, 0.3) is 0 Å². The van der Waals surface area contributed by atoms with Crippen LogP contribution in [0, 0.1) is 20.8 Å². The van der Waals surface area contributed by atoms with Crippen molar-refractivity contribution in [3.63, 3.8) is 0 Å². The Labute approximate surface area is 214 Å². The summed E-state index contributed by atoms with van der Waals surface area (Å²) in [5.41, 5.74) is 4.81. The highest BCUT2D eigenvalue weighted by Gasteiger charge is 2.34. The minimum atomic E-state index is -0.222. The number of piperazine rings is 1. The van der Waals surface area contributed by atoms with Crippen LogP contribution in [0.1, 0.15) is 57.9 Å². The van der Waals surface area contributed by atoms with Crippen LogP contribution in [0.4, 0.5) is 0 Å². The Morgan fingerprint density at radius 1 is 1.09 bits per heavy atom. The van der Waals surface area contributed by atoms with Gasteiger partial charge in [-0.05, 0) is 69.5 Å². The topological polar surface area (TPSA) is 64.7 Å². The predicted molar refractivity (Wildman–Crippen MR) is 141 cm³/mol. The van der Waals surface area contributed by atoms with E-state index in [9.17, 15) is 9.59 Å². The molecule has 0 spiro atoms. The van der Waals surface area contributed by atoms with Crippen molar-refractivity contribution in [3.05, 3.63) is 69.2 Å². The zero-order valence-electron chi connectivity index (χ0n) is 21.1. The van der Waals surface area contributed by atoms with E-state index in [1.165, 1.54) is 12.8 Å². The number of nitrogens with one attached hydrogen (secondary N) is 2. The van der Waals surface area contributed by atoms with Gasteiger partial charge in [0.05, 0.1) is 6.04 Å². The van der Waals surface area contributed by atoms with Gasteiger partial charge in [-0.1, -0.05) is 40.9 Å². The van der Waals surface area contributed by atoms with E-state index in [-0.39, 0.29) is 17.9 Å². The first kappa shape index (κ1) is 25.7. The number of nitrogens with zero attached hydrogens (tertiary/aromatic N) is 2. The summed E-state index contributed by atoms with van der Waals surface area (Å²) in [6, 6.07) is 12.2. The average molecular weight is 497 g/mol. The van der Waals surface area contributed by atoms with Gasteiger partial charge in [-0.25, -0.2) is 0 Å². The van der Waals surface area contributed by atoms with E-state index in [0.29, 0.717) is 49.2 Å². The molecule has 0 saturated carbocycles. The summed E-state index contributed by atoms with van der Waals surface area (Å²) >= 11 is 6.45. The number of carbonyl (C=O) groups is 2. The number of benzene rings is 2. The van der Waals surface area contributed by atoms with Gasteiger partial charge in [0.25, 0.3) is 5.91 Å². The molecule has 0 radical (unpaired) electrons. The van der Waals surface area contributed by atoms with Crippen molar-refractivity contribution in [1.82, 2.24) is 20.4 Å². The molecular weight excluding hydrogens is 460 g/mol. The molecule has 2 fully saturated rings. The van der Waals surface area contributed by atoms with Gasteiger partial charge in [-0.2, -0.15) is 0 Å². The number of hydrogen-bond donors (Lipinski definition) is 2. The molecule has 2 saturated heterocycles. The second-order valence-corrected chi connectivity index (χ2v) is 10.4. The predicted octanol–water partition coefficient (Wildman–Crippen LogP) is 4.02. The van der Waals surface area contributed by atoms with E-state index in [2.05, 4.69) is 16.7 Å². The molecule has 2 heterocycles. The fourth-order valence-corrected chi connectivity index (χ4v) is 5.38. The van der Waals surface area contributed by atoms with Crippen molar-refractivity contribution in [2.45, 2.75) is 52.1 Å². The lowest BCUT2D eigenvalue weighted by Gasteiger charge is -2.42. The van der Waals surface area contributed by atoms with Gasteiger partial charge in [0.15, 0.2) is 0 Å². The summed E-state index contributed by atoms with van der Waals surface area (Å²) in [6.45, 7) is 10.1. The Bertz CT molecular complexity index is 1050. The van der Waals surface area contributed by atoms with Crippen molar-refractivity contribution in [3.8, 4) is 0 Å². The molecule has 1 unspecified atom stereocenters. The van der Waals surface area contributed by atoms with Crippen LogP contribution in [0.5, 0.6) is 0 Å². The van der Waals surface area contributed by atoms with Crippen LogP contribution >= 0.6 is 11.6 Å². The zero-order valence-corrected chi connectivity index (χ0v) is 21.8. The van der Waals surface area contributed by atoms with E-state index in [0.717, 1.165) is 35.3 Å². The highest BCUT2D eigenvalue weighted by atomic mass is 35.5. The van der Waals surface area contributed by atoms with Crippen LogP contribution in [0.2, 0.25) is 5.02 Å². The average Bonchev–Trinajstić information content (AvgIpc) is 3.35. The van der Waals surface area contributed by atoms with E-state index in [1.807, 2.05) is 60.9 Å². The molecule has 7 heteroatoms. The quantitative estimate of drug-likeness (QED) is 0.568. The molecule has 0 aromatic heterocycles. The molecule has 4 rings (SSSR count). The van der Waals surface area contributed by atoms with Gasteiger partial charge in [0, 0.05) is 55.8 Å². The lowest BCUT2D eigenvalue weighted by molar-refractivity contribution is -0.135. The monoisotopic (exact) mass is 496 g/mol. The second-order valence-electron chi connectivity index (χ2n) is 9.99. The third-order valence-electron chi connectivity index (χ3n) is 7.11. The third-order valence-corrected chi connectivity index (χ3v) is 7.51. The van der Waals surface area contributed by atoms with Crippen LogP contribution in [0.3, 0.4) is 0 Å². The number of aryl methyl sites for hydroxylation is 3. The Morgan fingerprint density at radius 2 is 1.86 bits per heavy atom. The maximum Gasteiger partial charge on any atom is 0.254 e. The highest BCUT2D eigenvalue weighted by molar-refractivity contribution is 6.31. The number of rotatable bonds is 7. The van der Waals surface area contributed by atoms with E-state index in [1.54, 1.807) is 0 Å². The second kappa shape index (κ2) is 11.5. The molecule has 0 aliphatic carbocycles. The first-order valence-corrected chi connectivity index (χ1v) is 13.1. The molecule has 188 valence electrons. The van der Waals surface area contributed by atoms with Crippen molar-refractivity contribution >= 4 is 23.4 Å². The minimum absolute atomic E-state index is 0.0119. The van der Waals surface area contributed by atoms with Gasteiger partial charge in [-0.15, -0.1) is 0 Å². The maximum atomic E-state index is 13.4. The SMILES string of the molecule is Cc1cc(C)cc(C(=O)N2CCN(C(=O)CCNC[C@H]3CCCN3)C(c3ccc(C)c(Cl)c3)C2)c1. The van der Waals surface area contributed by atoms with Crippen molar-refractivity contribution in [2.24, 2.45) is 0 Å². The lowest BCUT2D eigenvalue weighted by atomic mass is 9.99. The van der Waals surface area contributed by atoms with Crippen molar-refractivity contribution in [2.75, 3.05) is 39.3 Å². The number of halogens is 1. The normalized spacial score (nSPS) is 20.3. The fraction of sp³-hybridized carbons (Fsp3) is 0.500. The highest BCUT2D eigenvalue weighted by Crippen LogP contribution is 2.30. The summed E-state index contributed by atoms with van der Waals surface area (Å²) in [6.07, 6.45) is 2.85. The first-order valence-electron chi connectivity index (χ1n) is 12.7. The molecule has 2 amide bonds. The van der Waals surface area contributed by atoms with Crippen LogP contribution < -0.4 is 10.6 Å². The molecule has 2 aliphatic rings. The Hall–Kier alpha value is -2.41. The van der Waals surface area contributed by atoms with Gasteiger partial charge in [0.2, 0.25) is 5.91 Å². The molecule has 6 nitrogen and oxygen atoms in total. The Balaban J connectivity index is 1.47. The largest absolute Gasteiger partial charge is 0.334 e. The van der Waals surface area contributed by atoms with Gasteiger partial charge >= 0.3 is 0 Å². The van der Waals surface area contributed by atoms with Crippen LogP contribution in [-0.4, -0.2) is 66.9 Å². The molecule has 0 bridgehead atoms. The van der Waals surface area contributed by atoms with E-state index in [4.69, 9.17) is 11.6 Å². The number of amides is 2. The minimum Gasteiger partial charge on any atom is -0.334 e. The lowest BCUT2D eigenvalue weighted by Crippen LogP contribution is -2.52. The molecule has 2 aromatic carbocycles. The fourth-order valence-electron chi connectivity index (χ4n) is 5.19. The number of hydrogen-bond acceptors (Lipinski definition) is 4. The van der Waals surface area contributed by atoms with Gasteiger partial charge in [0.1, 0.15) is 0 Å². The maximum absolute atomic E-state index is 13.4. The number of carbonyl (C=O) groups excluding carboxylic acids is 2. The molecule has 2 aromatic rings. The Morgan fingerprint density at radius 3 is 2.54 bits per heavy atom. The third kappa shape index (κ3) is 6.43. The summed E-state index contributed by atoms with van der Waals surface area (Å²) < 4.78 is 0. The standard InChI is InChI=1S/C28H37ClN4O2/c1-19-13-20(2)15-23(14-19)28(35)32-11-12-33(26(18-32)22-7-6-21(3)25(29)16-22)27(34)8-10-30-17-24-5-4-9-31-24/h6-7,13-16,24,26,30-31H,4-5,8-12,17-18H2,1-3H3/t24-,26?/m1/s1. The summed E-state index contributed by atoms with van der Waals surface area (Å²) in [4.78, 5) is 30.5. The van der Waals surface area contributed by atoms with Crippen molar-refractivity contribution in [1.29, 1.82) is 0 Å². The zero-order chi connectivity index (χ0) is 24.9. The molecule has 2 atom stereocenters. The molecular formula is C28H37ClN4O2. The molecule has 35 heavy (non-hydrogen) atoms. The van der Waals surface area contributed by atoms with Crippen LogP contribution in [-0.2, 0) is 4.79 Å². The van der Waals surface area contributed by atoms with Crippen molar-refractivity contribution < 1.29 is 9.59 Å². The van der Waals surface area contributed by atoms with Crippen LogP contribution in [0.15, 0.2) is 36.4 Å².